The van der Waals surface area contributed by atoms with Gasteiger partial charge in [0.25, 0.3) is 0 Å². The van der Waals surface area contributed by atoms with Gasteiger partial charge < -0.3 is 4.74 Å². The highest BCUT2D eigenvalue weighted by Crippen LogP contribution is 2.40. The van der Waals surface area contributed by atoms with Crippen LogP contribution in [0, 0.1) is 11.3 Å². The summed E-state index contributed by atoms with van der Waals surface area (Å²) in [6, 6.07) is 4.22. The second kappa shape index (κ2) is 6.86. The van der Waals surface area contributed by atoms with Crippen LogP contribution in [-0.4, -0.2) is 18.6 Å². The third-order valence-corrected chi connectivity index (χ3v) is 3.46. The first-order valence-electron chi connectivity index (χ1n) is 5.25. The third kappa shape index (κ3) is 4.32. The van der Waals surface area contributed by atoms with Gasteiger partial charge in [0, 0.05) is 10.8 Å². The maximum atomic E-state index is 12.4. The van der Waals surface area contributed by atoms with Crippen molar-refractivity contribution in [3.05, 3.63) is 28.8 Å². The van der Waals surface area contributed by atoms with Gasteiger partial charge in [-0.05, 0) is 29.0 Å². The lowest BCUT2D eigenvalue weighted by atomic mass is 10.0. The molecule has 0 amide bonds. The van der Waals surface area contributed by atoms with E-state index >= 15 is 0 Å². The molecule has 0 spiro atoms. The number of thioether (sulfide) groups is 1. The van der Waals surface area contributed by atoms with Gasteiger partial charge in [-0.2, -0.15) is 18.4 Å². The monoisotopic (exact) mass is 323 g/mol. The lowest BCUT2D eigenvalue weighted by molar-refractivity contribution is -0.139. The standard InChI is InChI=1S/C12H9ClF3NO2S/c1-19-11(18)4-7-2-3-10(20-12(14,15)16)9(6-17)8(7)5-13/h2-3H,4-5H2,1H3. The largest absolute Gasteiger partial charge is 0.469 e. The Kier molecular flexibility index (Phi) is 5.72. The van der Waals surface area contributed by atoms with E-state index in [0.29, 0.717) is 5.56 Å². The highest BCUT2D eigenvalue weighted by Gasteiger charge is 2.31. The van der Waals surface area contributed by atoms with Crippen molar-refractivity contribution in [2.75, 3.05) is 7.11 Å². The zero-order valence-electron chi connectivity index (χ0n) is 10.3. The molecule has 0 saturated carbocycles. The molecule has 0 saturated heterocycles. The van der Waals surface area contributed by atoms with Crippen LogP contribution in [0.5, 0.6) is 0 Å². The van der Waals surface area contributed by atoms with Crippen molar-refractivity contribution in [3.63, 3.8) is 0 Å². The number of carbonyl (C=O) groups is 1. The molecule has 3 nitrogen and oxygen atoms in total. The number of hydrogen-bond acceptors (Lipinski definition) is 4. The van der Waals surface area contributed by atoms with Crippen molar-refractivity contribution < 1.29 is 22.7 Å². The van der Waals surface area contributed by atoms with Crippen molar-refractivity contribution >= 4 is 29.3 Å². The normalized spacial score (nSPS) is 11.0. The van der Waals surface area contributed by atoms with Crippen molar-refractivity contribution in [3.8, 4) is 6.07 Å². The fraction of sp³-hybridized carbons (Fsp3) is 0.333. The predicted molar refractivity (Wildman–Crippen MR) is 68.3 cm³/mol. The number of hydrogen-bond donors (Lipinski definition) is 0. The van der Waals surface area contributed by atoms with E-state index in [2.05, 4.69) is 4.74 Å². The lowest BCUT2D eigenvalue weighted by Gasteiger charge is -2.13. The van der Waals surface area contributed by atoms with E-state index in [1.807, 2.05) is 0 Å². The van der Waals surface area contributed by atoms with Gasteiger partial charge in [0.05, 0.1) is 19.1 Å². The summed E-state index contributed by atoms with van der Waals surface area (Å²) in [6.45, 7) is 0. The molecule has 0 aliphatic rings. The molecule has 0 aliphatic heterocycles. The SMILES string of the molecule is COC(=O)Cc1ccc(SC(F)(F)F)c(C#N)c1CCl. The van der Waals surface area contributed by atoms with Crippen molar-refractivity contribution in [1.82, 2.24) is 0 Å². The molecule has 20 heavy (non-hydrogen) atoms. The number of methoxy groups -OCH3 is 1. The first-order chi connectivity index (χ1) is 9.32. The van der Waals surface area contributed by atoms with Crippen LogP contribution < -0.4 is 0 Å². The molecule has 0 aliphatic carbocycles. The van der Waals surface area contributed by atoms with Crippen molar-refractivity contribution in [1.29, 1.82) is 5.26 Å². The number of alkyl halides is 4. The van der Waals surface area contributed by atoms with Crippen LogP contribution >= 0.6 is 23.4 Å². The predicted octanol–water partition coefficient (Wildman–Crippen LogP) is 3.62. The minimum absolute atomic E-state index is 0.149. The van der Waals surface area contributed by atoms with Crippen LogP contribution in [0.1, 0.15) is 16.7 Å². The summed E-state index contributed by atoms with van der Waals surface area (Å²) < 4.78 is 41.7. The molecule has 0 bridgehead atoms. The van der Waals surface area contributed by atoms with Crippen molar-refractivity contribution in [2.24, 2.45) is 0 Å². The first kappa shape index (κ1) is 16.7. The molecule has 0 fully saturated rings. The van der Waals surface area contributed by atoms with Gasteiger partial charge in [-0.3, -0.25) is 4.79 Å². The van der Waals surface area contributed by atoms with Gasteiger partial charge in [0.1, 0.15) is 6.07 Å². The van der Waals surface area contributed by atoms with Gasteiger partial charge in [-0.25, -0.2) is 0 Å². The minimum atomic E-state index is -4.50. The van der Waals surface area contributed by atoms with E-state index in [-0.39, 0.29) is 40.1 Å². The zero-order valence-corrected chi connectivity index (χ0v) is 11.8. The Hall–Kier alpha value is -1.39. The van der Waals surface area contributed by atoms with E-state index in [0.717, 1.165) is 6.07 Å². The fourth-order valence-corrected chi connectivity index (χ4v) is 2.51. The van der Waals surface area contributed by atoms with Gasteiger partial charge in [0.2, 0.25) is 0 Å². The summed E-state index contributed by atoms with van der Waals surface area (Å²) in [5.74, 6) is -0.724. The number of ether oxygens (including phenoxy) is 1. The Morgan fingerprint density at radius 1 is 1.50 bits per heavy atom. The Labute approximate surface area is 122 Å². The maximum Gasteiger partial charge on any atom is 0.446 e. The molecule has 1 aromatic rings. The average Bonchev–Trinajstić information content (AvgIpc) is 2.37. The van der Waals surface area contributed by atoms with E-state index < -0.39 is 11.5 Å². The van der Waals surface area contributed by atoms with Gasteiger partial charge in [0.15, 0.2) is 0 Å². The number of nitrogens with zero attached hydrogens (tertiary/aromatic N) is 1. The molecule has 1 aromatic carbocycles. The topological polar surface area (TPSA) is 50.1 Å². The zero-order chi connectivity index (χ0) is 15.3. The number of esters is 1. The van der Waals surface area contributed by atoms with Gasteiger partial charge >= 0.3 is 11.5 Å². The molecule has 1 rings (SSSR count). The average molecular weight is 324 g/mol. The smallest absolute Gasteiger partial charge is 0.446 e. The minimum Gasteiger partial charge on any atom is -0.469 e. The molecular formula is C12H9ClF3NO2S. The van der Waals surface area contributed by atoms with Crippen LogP contribution in [0.3, 0.4) is 0 Å². The van der Waals surface area contributed by atoms with Crippen molar-refractivity contribution in [2.45, 2.75) is 22.7 Å². The third-order valence-electron chi connectivity index (χ3n) is 2.41. The molecular weight excluding hydrogens is 315 g/mol. The molecule has 0 heterocycles. The van der Waals surface area contributed by atoms with Crippen LogP contribution in [0.15, 0.2) is 17.0 Å². The summed E-state index contributed by atoms with van der Waals surface area (Å²) >= 11 is 5.31. The Morgan fingerprint density at radius 3 is 2.60 bits per heavy atom. The summed E-state index contributed by atoms with van der Waals surface area (Å²) in [7, 11) is 1.20. The van der Waals surface area contributed by atoms with Gasteiger partial charge in [-0.1, -0.05) is 6.07 Å². The van der Waals surface area contributed by atoms with Gasteiger partial charge in [-0.15, -0.1) is 11.6 Å². The van der Waals surface area contributed by atoms with Crippen LogP contribution in [-0.2, 0) is 21.8 Å². The molecule has 8 heteroatoms. The molecule has 0 aromatic heterocycles. The first-order valence-corrected chi connectivity index (χ1v) is 6.60. The van der Waals surface area contributed by atoms with Crippen LogP contribution in [0.25, 0.3) is 0 Å². The van der Waals surface area contributed by atoms with Crippen LogP contribution in [0.4, 0.5) is 13.2 Å². The van der Waals surface area contributed by atoms with E-state index in [4.69, 9.17) is 16.9 Å². The summed E-state index contributed by atoms with van der Waals surface area (Å²) in [6.07, 6.45) is -0.149. The fourth-order valence-electron chi connectivity index (χ4n) is 1.55. The lowest BCUT2D eigenvalue weighted by Crippen LogP contribution is -2.09. The Morgan fingerprint density at radius 2 is 2.15 bits per heavy atom. The number of rotatable bonds is 4. The Bertz CT molecular complexity index is 555. The second-order valence-corrected chi connectivity index (χ2v) is 5.00. The maximum absolute atomic E-state index is 12.4. The molecule has 0 radical (unpaired) electrons. The van der Waals surface area contributed by atoms with E-state index in [1.165, 1.54) is 13.2 Å². The highest BCUT2D eigenvalue weighted by atomic mass is 35.5. The highest BCUT2D eigenvalue weighted by molar-refractivity contribution is 8.00. The molecule has 0 unspecified atom stereocenters. The van der Waals surface area contributed by atoms with E-state index in [9.17, 15) is 18.0 Å². The Balaban J connectivity index is 3.27. The summed E-state index contributed by atoms with van der Waals surface area (Å²) in [5.41, 5.74) is -4.06. The molecule has 0 atom stereocenters. The summed E-state index contributed by atoms with van der Waals surface area (Å²) in [5, 5.41) is 9.04. The number of benzene rings is 1. The number of nitriles is 1. The quantitative estimate of drug-likeness (QED) is 0.482. The summed E-state index contributed by atoms with van der Waals surface area (Å²) in [4.78, 5) is 11.0. The number of halogens is 4. The molecule has 108 valence electrons. The van der Waals surface area contributed by atoms with E-state index in [1.54, 1.807) is 6.07 Å². The van der Waals surface area contributed by atoms with Crippen LogP contribution in [0.2, 0.25) is 0 Å². The number of carbonyl (C=O) groups excluding carboxylic acids is 1. The molecule has 0 N–H and O–H groups in total. The second-order valence-electron chi connectivity index (χ2n) is 3.62.